The molecule has 0 aromatic carbocycles. The summed E-state index contributed by atoms with van der Waals surface area (Å²) in [6.45, 7) is 8.36. The number of carboxylic acid groups (broad SMARTS) is 1. The maximum Gasteiger partial charge on any atom is 0.407 e. The van der Waals surface area contributed by atoms with Gasteiger partial charge in [0, 0.05) is 12.1 Å². The number of ether oxygens (including phenoxy) is 1. The van der Waals surface area contributed by atoms with Crippen LogP contribution in [0.3, 0.4) is 0 Å². The zero-order chi connectivity index (χ0) is 28.3. The summed E-state index contributed by atoms with van der Waals surface area (Å²) < 4.78 is 31.4. The van der Waals surface area contributed by atoms with Crippen LogP contribution >= 0.6 is 7.75 Å². The van der Waals surface area contributed by atoms with Gasteiger partial charge in [-0.25, -0.2) is 14.4 Å². The molecule has 4 N–H and O–H groups in total. The van der Waals surface area contributed by atoms with E-state index in [0.29, 0.717) is 0 Å². The third-order valence-corrected chi connectivity index (χ3v) is 9.02. The van der Waals surface area contributed by atoms with Crippen molar-refractivity contribution >= 4 is 25.4 Å². The largest absolute Gasteiger partial charge is 0.480 e. The molecule has 0 spiro atoms. The molecular formula is C24H39N4O9P. The Morgan fingerprint density at radius 2 is 1.89 bits per heavy atom. The summed E-state index contributed by atoms with van der Waals surface area (Å²) in [5, 5.41) is 26.3. The van der Waals surface area contributed by atoms with E-state index in [0.717, 1.165) is 30.3 Å². The Hall–Kier alpha value is -2.15. The van der Waals surface area contributed by atoms with Crippen LogP contribution in [0.1, 0.15) is 79.4 Å². The molecule has 1 aromatic heterocycles. The minimum absolute atomic E-state index is 0.0842. The molecule has 0 unspecified atom stereocenters. The van der Waals surface area contributed by atoms with Gasteiger partial charge in [0.2, 0.25) is 5.91 Å². The van der Waals surface area contributed by atoms with Crippen LogP contribution in [0, 0.1) is 5.92 Å². The summed E-state index contributed by atoms with van der Waals surface area (Å²) in [7, 11) is -4.17. The molecule has 13 nitrogen and oxygen atoms in total. The van der Waals surface area contributed by atoms with E-state index < -0.39 is 49.0 Å². The average Bonchev–Trinajstić information content (AvgIpc) is 3.11. The molecule has 0 radical (unpaired) electrons. The number of fused-ring (bicyclic) bond motifs is 1. The van der Waals surface area contributed by atoms with Crippen molar-refractivity contribution in [2.24, 2.45) is 5.92 Å². The lowest BCUT2D eigenvalue weighted by atomic mass is 9.95. The van der Waals surface area contributed by atoms with Crippen molar-refractivity contribution in [3.63, 3.8) is 0 Å². The van der Waals surface area contributed by atoms with Gasteiger partial charge in [-0.3, -0.25) is 23.2 Å². The van der Waals surface area contributed by atoms with Crippen LogP contribution in [0.5, 0.6) is 0 Å². The Balaban J connectivity index is 1.79. The fraction of sp³-hybridized carbons (Fsp3) is 0.750. The third kappa shape index (κ3) is 6.03. The van der Waals surface area contributed by atoms with Gasteiger partial charge in [-0.05, 0) is 38.7 Å². The minimum Gasteiger partial charge on any atom is -0.480 e. The van der Waals surface area contributed by atoms with Gasteiger partial charge in [0.15, 0.2) is 6.23 Å². The molecule has 0 aliphatic carbocycles. The van der Waals surface area contributed by atoms with Gasteiger partial charge in [-0.2, -0.15) is 4.98 Å². The maximum atomic E-state index is 13.4. The van der Waals surface area contributed by atoms with Crippen molar-refractivity contribution in [1.82, 2.24) is 14.6 Å². The molecule has 2 aliphatic rings. The number of aliphatic carboxylic acids is 1. The van der Waals surface area contributed by atoms with Crippen molar-refractivity contribution in [2.45, 2.75) is 103 Å². The second-order valence-electron chi connectivity index (χ2n) is 10.0. The SMILES string of the molecule is CCCC(CCC)C(=O)Nc1ccn([C@@H]2O[C@@H]3CO[P@@](=O)(NC(CC)(CC)C(=O)O)O[C@H]3[C@@]2(C)O)c(=O)n1. The number of carbonyl (C=O) groups is 2. The molecule has 214 valence electrons. The number of nitrogens with one attached hydrogen (secondary N) is 2. The highest BCUT2D eigenvalue weighted by Crippen LogP contribution is 2.56. The van der Waals surface area contributed by atoms with Crippen LogP contribution in [0.25, 0.3) is 0 Å². The van der Waals surface area contributed by atoms with Crippen LogP contribution in [-0.4, -0.2) is 61.6 Å². The van der Waals surface area contributed by atoms with Gasteiger partial charge in [0.25, 0.3) is 0 Å². The van der Waals surface area contributed by atoms with Gasteiger partial charge in [-0.1, -0.05) is 40.5 Å². The lowest BCUT2D eigenvalue weighted by Crippen LogP contribution is -2.54. The number of hydrogen-bond donors (Lipinski definition) is 4. The van der Waals surface area contributed by atoms with Gasteiger partial charge in [0.1, 0.15) is 29.2 Å². The second-order valence-corrected chi connectivity index (χ2v) is 11.7. The van der Waals surface area contributed by atoms with E-state index in [9.17, 15) is 29.2 Å². The van der Waals surface area contributed by atoms with Crippen molar-refractivity contribution in [3.05, 3.63) is 22.7 Å². The van der Waals surface area contributed by atoms with Gasteiger partial charge in [0.05, 0.1) is 6.61 Å². The number of anilines is 1. The number of amides is 1. The van der Waals surface area contributed by atoms with Crippen molar-refractivity contribution in [3.8, 4) is 0 Å². The summed E-state index contributed by atoms with van der Waals surface area (Å²) in [4.78, 5) is 41.4. The molecule has 0 bridgehead atoms. The molecule has 14 heteroatoms. The highest BCUT2D eigenvalue weighted by atomic mass is 31.2. The van der Waals surface area contributed by atoms with Crippen LogP contribution < -0.4 is 16.1 Å². The lowest BCUT2D eigenvalue weighted by molar-refractivity contribution is -0.145. The molecule has 1 aromatic rings. The van der Waals surface area contributed by atoms with Crippen LogP contribution in [0.4, 0.5) is 5.82 Å². The van der Waals surface area contributed by atoms with E-state index in [1.807, 2.05) is 13.8 Å². The predicted octanol–water partition coefficient (Wildman–Crippen LogP) is 2.80. The highest BCUT2D eigenvalue weighted by Gasteiger charge is 2.60. The van der Waals surface area contributed by atoms with E-state index in [1.54, 1.807) is 13.8 Å². The van der Waals surface area contributed by atoms with E-state index >= 15 is 0 Å². The van der Waals surface area contributed by atoms with E-state index in [2.05, 4.69) is 15.4 Å². The number of carboxylic acids is 1. The molecule has 3 heterocycles. The van der Waals surface area contributed by atoms with Gasteiger partial charge >= 0.3 is 19.4 Å². The monoisotopic (exact) mass is 558 g/mol. The molecule has 5 atom stereocenters. The number of rotatable bonds is 12. The molecule has 0 saturated carbocycles. The number of aromatic nitrogens is 2. The summed E-state index contributed by atoms with van der Waals surface area (Å²) in [6.07, 6.45) is 1.36. The first-order valence-electron chi connectivity index (χ1n) is 13.1. The Kier molecular flexibility index (Phi) is 9.54. The molecule has 38 heavy (non-hydrogen) atoms. The number of carbonyl (C=O) groups excluding carboxylic acids is 1. The minimum atomic E-state index is -4.17. The summed E-state index contributed by atoms with van der Waals surface area (Å²) in [6, 6.07) is 1.43. The molecular weight excluding hydrogens is 519 g/mol. The average molecular weight is 559 g/mol. The van der Waals surface area contributed by atoms with Crippen molar-refractivity contribution < 1.29 is 38.2 Å². The molecule has 2 fully saturated rings. The van der Waals surface area contributed by atoms with E-state index in [-0.39, 0.29) is 37.1 Å². The topological polar surface area (TPSA) is 178 Å². The summed E-state index contributed by atoms with van der Waals surface area (Å²) in [5.41, 5.74) is -4.19. The Bertz CT molecular complexity index is 1110. The van der Waals surface area contributed by atoms with Crippen LogP contribution in [0.2, 0.25) is 0 Å². The first-order valence-corrected chi connectivity index (χ1v) is 14.6. The molecule has 2 aliphatic heterocycles. The summed E-state index contributed by atoms with van der Waals surface area (Å²) >= 11 is 0. The predicted molar refractivity (Wildman–Crippen MR) is 137 cm³/mol. The quantitative estimate of drug-likeness (QED) is 0.277. The second kappa shape index (κ2) is 11.9. The Morgan fingerprint density at radius 1 is 1.26 bits per heavy atom. The third-order valence-electron chi connectivity index (χ3n) is 7.32. The molecule has 3 rings (SSSR count). The number of nitrogens with zero attached hydrogens (tertiary/aromatic N) is 2. The normalized spacial score (nSPS) is 29.3. The fourth-order valence-corrected chi connectivity index (χ4v) is 7.07. The van der Waals surface area contributed by atoms with Crippen molar-refractivity contribution in [2.75, 3.05) is 11.9 Å². The van der Waals surface area contributed by atoms with Crippen molar-refractivity contribution in [1.29, 1.82) is 0 Å². The molecule has 2 saturated heterocycles. The Labute approximate surface area is 221 Å². The first kappa shape index (κ1) is 30.4. The fourth-order valence-electron chi connectivity index (χ4n) is 4.96. The smallest absolute Gasteiger partial charge is 0.407 e. The number of aliphatic hydroxyl groups is 1. The van der Waals surface area contributed by atoms with Crippen LogP contribution in [-0.2, 0) is 27.9 Å². The van der Waals surface area contributed by atoms with Crippen LogP contribution in [0.15, 0.2) is 17.1 Å². The highest BCUT2D eigenvalue weighted by molar-refractivity contribution is 7.51. The van der Waals surface area contributed by atoms with Gasteiger partial charge in [-0.15, -0.1) is 0 Å². The van der Waals surface area contributed by atoms with E-state index in [1.165, 1.54) is 19.2 Å². The zero-order valence-electron chi connectivity index (χ0n) is 22.5. The Morgan fingerprint density at radius 3 is 2.42 bits per heavy atom. The first-order chi connectivity index (χ1) is 17.9. The standard InChI is InChI=1S/C24H39N4O9P/c1-6-10-15(11-7-2)19(29)25-17-12-13-28(22(32)26-17)20-23(5,33)18-16(36-20)14-35-38(34,37-18)27-24(8-3,9-4)21(30)31/h12-13,15-16,18,20,33H,6-11,14H2,1-5H3,(H,27,34)(H,30,31)(H,25,26,29,32)/t16-,18-,20-,23-,38+/m1/s1. The van der Waals surface area contributed by atoms with Gasteiger partial charge < -0.3 is 20.3 Å². The maximum absolute atomic E-state index is 13.4. The lowest BCUT2D eigenvalue weighted by Gasteiger charge is -2.39. The number of hydrogen-bond acceptors (Lipinski definition) is 9. The molecule has 1 amide bonds. The zero-order valence-corrected chi connectivity index (χ0v) is 23.4. The summed E-state index contributed by atoms with van der Waals surface area (Å²) in [5.74, 6) is -1.52. The van der Waals surface area contributed by atoms with E-state index in [4.69, 9.17) is 13.8 Å².